The third kappa shape index (κ3) is 3.72. The van der Waals surface area contributed by atoms with Crippen LogP contribution in [0.2, 0.25) is 0 Å². The molecule has 2 aromatic carbocycles. The zero-order chi connectivity index (χ0) is 18.0. The Balaban J connectivity index is 1.75. The molecule has 0 atom stereocenters. The SMILES string of the molecule is Cc1ccc(NC(=O)c2ccc(S(=O)(=O)N3CCCC3)cc2)cc1F. The molecule has 0 bridgehead atoms. The summed E-state index contributed by atoms with van der Waals surface area (Å²) in [6.45, 7) is 2.70. The van der Waals surface area contributed by atoms with Gasteiger partial charge in [0.25, 0.3) is 5.91 Å². The second-order valence-electron chi connectivity index (χ2n) is 6.05. The van der Waals surface area contributed by atoms with Crippen molar-refractivity contribution in [3.63, 3.8) is 0 Å². The molecule has 2 aromatic rings. The summed E-state index contributed by atoms with van der Waals surface area (Å²) >= 11 is 0. The van der Waals surface area contributed by atoms with E-state index in [1.165, 1.54) is 34.6 Å². The van der Waals surface area contributed by atoms with Crippen LogP contribution in [0, 0.1) is 12.7 Å². The van der Waals surface area contributed by atoms with E-state index in [0.717, 1.165) is 12.8 Å². The van der Waals surface area contributed by atoms with Gasteiger partial charge in [-0.2, -0.15) is 4.31 Å². The van der Waals surface area contributed by atoms with Gasteiger partial charge in [-0.25, -0.2) is 12.8 Å². The maximum Gasteiger partial charge on any atom is 0.255 e. The zero-order valence-electron chi connectivity index (χ0n) is 13.8. The summed E-state index contributed by atoms with van der Waals surface area (Å²) in [4.78, 5) is 12.4. The fourth-order valence-electron chi connectivity index (χ4n) is 2.73. The summed E-state index contributed by atoms with van der Waals surface area (Å²) in [5.74, 6) is -0.821. The summed E-state index contributed by atoms with van der Waals surface area (Å²) in [7, 11) is -3.50. The van der Waals surface area contributed by atoms with Gasteiger partial charge in [0.05, 0.1) is 4.90 Å². The Morgan fingerprint density at radius 1 is 1.08 bits per heavy atom. The standard InChI is InChI=1S/C18H19FN2O3S/c1-13-4-7-15(12-17(13)19)20-18(22)14-5-8-16(9-6-14)25(23,24)21-10-2-3-11-21/h4-9,12H,2-3,10-11H2,1H3,(H,20,22). The number of carbonyl (C=O) groups is 1. The number of amides is 1. The van der Waals surface area contributed by atoms with Crippen molar-refractivity contribution in [3.8, 4) is 0 Å². The van der Waals surface area contributed by atoms with Gasteiger partial charge in [-0.05, 0) is 61.7 Å². The van der Waals surface area contributed by atoms with Gasteiger partial charge >= 0.3 is 0 Å². The van der Waals surface area contributed by atoms with Crippen LogP contribution in [0.15, 0.2) is 47.4 Å². The fourth-order valence-corrected chi connectivity index (χ4v) is 4.25. The van der Waals surface area contributed by atoms with Crippen LogP contribution >= 0.6 is 0 Å². The van der Waals surface area contributed by atoms with E-state index in [-0.39, 0.29) is 4.90 Å². The third-order valence-corrected chi connectivity index (χ3v) is 6.16. The highest BCUT2D eigenvalue weighted by molar-refractivity contribution is 7.89. The van der Waals surface area contributed by atoms with Crippen LogP contribution in [0.25, 0.3) is 0 Å². The molecule has 1 saturated heterocycles. The van der Waals surface area contributed by atoms with Crippen LogP contribution in [0.3, 0.4) is 0 Å². The number of aryl methyl sites for hydroxylation is 1. The van der Waals surface area contributed by atoms with Crippen LogP contribution in [0.4, 0.5) is 10.1 Å². The van der Waals surface area contributed by atoms with Gasteiger partial charge in [0.15, 0.2) is 0 Å². The minimum absolute atomic E-state index is 0.173. The normalized spacial score (nSPS) is 15.3. The van der Waals surface area contributed by atoms with Gasteiger partial charge in [0.2, 0.25) is 10.0 Å². The molecule has 1 aliphatic heterocycles. The Bertz CT molecular complexity index is 889. The number of anilines is 1. The van der Waals surface area contributed by atoms with Gasteiger partial charge in [-0.1, -0.05) is 6.07 Å². The molecule has 25 heavy (non-hydrogen) atoms. The lowest BCUT2D eigenvalue weighted by Crippen LogP contribution is -2.27. The first-order valence-corrected chi connectivity index (χ1v) is 9.50. The van der Waals surface area contributed by atoms with Crippen molar-refractivity contribution in [2.75, 3.05) is 18.4 Å². The van der Waals surface area contributed by atoms with Crippen molar-refractivity contribution in [2.24, 2.45) is 0 Å². The van der Waals surface area contributed by atoms with Crippen molar-refractivity contribution < 1.29 is 17.6 Å². The van der Waals surface area contributed by atoms with E-state index in [9.17, 15) is 17.6 Å². The monoisotopic (exact) mass is 362 g/mol. The lowest BCUT2D eigenvalue weighted by molar-refractivity contribution is 0.102. The first-order valence-electron chi connectivity index (χ1n) is 8.05. The van der Waals surface area contributed by atoms with Gasteiger partial charge < -0.3 is 5.32 Å². The van der Waals surface area contributed by atoms with Gasteiger partial charge in [-0.15, -0.1) is 0 Å². The molecule has 132 valence electrons. The van der Waals surface area contributed by atoms with Crippen LogP contribution < -0.4 is 5.32 Å². The molecule has 0 aromatic heterocycles. The predicted molar refractivity (Wildman–Crippen MR) is 93.5 cm³/mol. The minimum Gasteiger partial charge on any atom is -0.322 e. The van der Waals surface area contributed by atoms with E-state index >= 15 is 0 Å². The van der Waals surface area contributed by atoms with E-state index in [0.29, 0.717) is 29.9 Å². The average molecular weight is 362 g/mol. The molecule has 0 spiro atoms. The molecule has 1 N–H and O–H groups in total. The van der Waals surface area contributed by atoms with E-state index in [4.69, 9.17) is 0 Å². The van der Waals surface area contributed by atoms with Crippen molar-refractivity contribution in [1.82, 2.24) is 4.31 Å². The first-order chi connectivity index (χ1) is 11.9. The highest BCUT2D eigenvalue weighted by Crippen LogP contribution is 2.21. The predicted octanol–water partition coefficient (Wildman–Crippen LogP) is 3.17. The molecule has 0 saturated carbocycles. The average Bonchev–Trinajstić information content (AvgIpc) is 3.14. The number of hydrogen-bond acceptors (Lipinski definition) is 3. The molecule has 0 radical (unpaired) electrons. The molecular formula is C18H19FN2O3S. The largest absolute Gasteiger partial charge is 0.322 e. The molecular weight excluding hydrogens is 343 g/mol. The van der Waals surface area contributed by atoms with Crippen molar-refractivity contribution >= 4 is 21.6 Å². The number of carbonyl (C=O) groups excluding carboxylic acids is 1. The second-order valence-corrected chi connectivity index (χ2v) is 7.99. The Morgan fingerprint density at radius 3 is 2.32 bits per heavy atom. The summed E-state index contributed by atoms with van der Waals surface area (Å²) in [6, 6.07) is 10.2. The summed E-state index contributed by atoms with van der Waals surface area (Å²) in [5.41, 5.74) is 1.15. The molecule has 1 aliphatic rings. The number of rotatable bonds is 4. The van der Waals surface area contributed by atoms with Crippen molar-refractivity contribution in [2.45, 2.75) is 24.7 Å². The number of halogens is 1. The van der Waals surface area contributed by atoms with Crippen LogP contribution in [0.5, 0.6) is 0 Å². The number of hydrogen-bond donors (Lipinski definition) is 1. The molecule has 0 aliphatic carbocycles. The Kier molecular flexibility index (Phi) is 4.87. The van der Waals surface area contributed by atoms with E-state index in [1.807, 2.05) is 0 Å². The smallest absolute Gasteiger partial charge is 0.255 e. The Morgan fingerprint density at radius 2 is 1.72 bits per heavy atom. The summed E-state index contributed by atoms with van der Waals surface area (Å²) in [5, 5.41) is 2.60. The van der Waals surface area contributed by atoms with Gasteiger partial charge in [-0.3, -0.25) is 4.79 Å². The first kappa shape index (κ1) is 17.6. The quantitative estimate of drug-likeness (QED) is 0.908. The number of benzene rings is 2. The van der Waals surface area contributed by atoms with Gasteiger partial charge in [0.1, 0.15) is 5.82 Å². The third-order valence-electron chi connectivity index (χ3n) is 4.25. The fraction of sp³-hybridized carbons (Fsp3) is 0.278. The lowest BCUT2D eigenvalue weighted by atomic mass is 10.2. The number of nitrogens with one attached hydrogen (secondary N) is 1. The number of sulfonamides is 1. The second kappa shape index (κ2) is 6.93. The Labute approximate surface area is 146 Å². The van der Waals surface area contributed by atoms with Crippen molar-refractivity contribution in [3.05, 3.63) is 59.4 Å². The lowest BCUT2D eigenvalue weighted by Gasteiger charge is -2.15. The molecule has 0 unspecified atom stereocenters. The van der Waals surface area contributed by atoms with Crippen LogP contribution in [-0.4, -0.2) is 31.7 Å². The maximum atomic E-state index is 13.5. The number of nitrogens with zero attached hydrogens (tertiary/aromatic N) is 1. The van der Waals surface area contributed by atoms with Gasteiger partial charge in [0, 0.05) is 24.3 Å². The molecule has 1 amide bonds. The van der Waals surface area contributed by atoms with Crippen LogP contribution in [-0.2, 0) is 10.0 Å². The zero-order valence-corrected chi connectivity index (χ0v) is 14.6. The highest BCUT2D eigenvalue weighted by Gasteiger charge is 2.27. The highest BCUT2D eigenvalue weighted by atomic mass is 32.2. The minimum atomic E-state index is -3.50. The van der Waals surface area contributed by atoms with E-state index < -0.39 is 21.7 Å². The molecule has 1 fully saturated rings. The topological polar surface area (TPSA) is 66.5 Å². The van der Waals surface area contributed by atoms with Crippen LogP contribution in [0.1, 0.15) is 28.8 Å². The molecule has 7 heteroatoms. The molecule has 5 nitrogen and oxygen atoms in total. The molecule has 3 rings (SSSR count). The summed E-state index contributed by atoms with van der Waals surface area (Å²) < 4.78 is 39.9. The maximum absolute atomic E-state index is 13.5. The van der Waals surface area contributed by atoms with E-state index in [2.05, 4.69) is 5.32 Å². The molecule has 1 heterocycles. The van der Waals surface area contributed by atoms with E-state index in [1.54, 1.807) is 19.1 Å². The van der Waals surface area contributed by atoms with Crippen molar-refractivity contribution in [1.29, 1.82) is 0 Å². The summed E-state index contributed by atoms with van der Waals surface area (Å²) in [6.07, 6.45) is 1.74. The Hall–Kier alpha value is -2.25.